The molecule has 0 aliphatic carbocycles. The van der Waals surface area contributed by atoms with Crippen molar-refractivity contribution in [2.24, 2.45) is 5.73 Å². The van der Waals surface area contributed by atoms with Crippen molar-refractivity contribution in [3.63, 3.8) is 0 Å². The zero-order valence-electron chi connectivity index (χ0n) is 8.26. The van der Waals surface area contributed by atoms with Gasteiger partial charge in [0, 0.05) is 28.7 Å². The lowest BCUT2D eigenvalue weighted by molar-refractivity contribution is 0.584. The number of anilines is 1. The minimum absolute atomic E-state index is 0.274. The normalized spacial score (nSPS) is 21.5. The Morgan fingerprint density at radius 2 is 2.43 bits per heavy atom. The third kappa shape index (κ3) is 1.93. The first kappa shape index (κ1) is 9.99. The third-order valence-corrected chi connectivity index (χ3v) is 3.14. The average molecular weight is 255 g/mol. The van der Waals surface area contributed by atoms with E-state index in [1.807, 2.05) is 0 Å². The Kier molecular flexibility index (Phi) is 2.79. The summed E-state index contributed by atoms with van der Waals surface area (Å²) < 4.78 is 1.13. The Morgan fingerprint density at radius 1 is 1.64 bits per heavy atom. The van der Waals surface area contributed by atoms with Gasteiger partial charge in [0.1, 0.15) is 0 Å². The van der Waals surface area contributed by atoms with E-state index >= 15 is 0 Å². The van der Waals surface area contributed by atoms with E-state index in [1.54, 1.807) is 0 Å². The minimum Gasteiger partial charge on any atom is -0.384 e. The smallest absolute Gasteiger partial charge is 0.0387 e. The van der Waals surface area contributed by atoms with E-state index in [-0.39, 0.29) is 6.04 Å². The van der Waals surface area contributed by atoms with Gasteiger partial charge in [0.05, 0.1) is 0 Å². The summed E-state index contributed by atoms with van der Waals surface area (Å²) in [6.07, 6.45) is 1.06. The van der Waals surface area contributed by atoms with Gasteiger partial charge in [0.15, 0.2) is 0 Å². The van der Waals surface area contributed by atoms with Crippen molar-refractivity contribution in [1.82, 2.24) is 0 Å². The maximum Gasteiger partial charge on any atom is 0.0387 e. The summed E-state index contributed by atoms with van der Waals surface area (Å²) in [6.45, 7) is 3.09. The molecular weight excluding hydrogens is 240 g/mol. The molecule has 0 fully saturated rings. The summed E-state index contributed by atoms with van der Waals surface area (Å²) in [4.78, 5) is 0. The Morgan fingerprint density at radius 3 is 3.14 bits per heavy atom. The largest absolute Gasteiger partial charge is 0.384 e. The zero-order valence-corrected chi connectivity index (χ0v) is 9.84. The number of hydrogen-bond acceptors (Lipinski definition) is 2. The molecular formula is C11H15BrN2. The topological polar surface area (TPSA) is 38.0 Å². The van der Waals surface area contributed by atoms with Crippen LogP contribution in [0.2, 0.25) is 0 Å². The second kappa shape index (κ2) is 3.91. The maximum atomic E-state index is 5.82. The summed E-state index contributed by atoms with van der Waals surface area (Å²) in [5.41, 5.74) is 8.48. The molecule has 2 unspecified atom stereocenters. The molecule has 3 N–H and O–H groups in total. The molecule has 14 heavy (non-hydrogen) atoms. The van der Waals surface area contributed by atoms with Crippen molar-refractivity contribution in [3.05, 3.63) is 28.2 Å². The zero-order chi connectivity index (χ0) is 10.1. The standard InChI is InChI=1S/C11H15BrN2/c1-7(13)4-8-6-14-11-5-9(12)2-3-10(8)11/h2-3,5,7-8,14H,4,6,13H2,1H3. The van der Waals surface area contributed by atoms with Gasteiger partial charge in [-0.15, -0.1) is 0 Å². The first-order valence-corrected chi connectivity index (χ1v) is 5.75. The van der Waals surface area contributed by atoms with Crippen LogP contribution in [0.1, 0.15) is 24.8 Å². The van der Waals surface area contributed by atoms with Gasteiger partial charge in [-0.25, -0.2) is 0 Å². The predicted octanol–water partition coefficient (Wildman–Crippen LogP) is 2.70. The lowest BCUT2D eigenvalue weighted by Gasteiger charge is -2.12. The van der Waals surface area contributed by atoms with E-state index in [9.17, 15) is 0 Å². The van der Waals surface area contributed by atoms with E-state index in [0.717, 1.165) is 17.4 Å². The van der Waals surface area contributed by atoms with Gasteiger partial charge in [0.25, 0.3) is 0 Å². The molecule has 1 aromatic carbocycles. The van der Waals surface area contributed by atoms with Crippen LogP contribution in [-0.4, -0.2) is 12.6 Å². The van der Waals surface area contributed by atoms with Crippen LogP contribution in [0.5, 0.6) is 0 Å². The van der Waals surface area contributed by atoms with Crippen molar-refractivity contribution < 1.29 is 0 Å². The van der Waals surface area contributed by atoms with Crippen LogP contribution >= 0.6 is 15.9 Å². The minimum atomic E-state index is 0.274. The molecule has 76 valence electrons. The molecule has 3 heteroatoms. The molecule has 0 aromatic heterocycles. The van der Waals surface area contributed by atoms with E-state index < -0.39 is 0 Å². The van der Waals surface area contributed by atoms with Gasteiger partial charge < -0.3 is 11.1 Å². The molecule has 0 saturated heterocycles. The van der Waals surface area contributed by atoms with Crippen molar-refractivity contribution in [2.45, 2.75) is 25.3 Å². The number of hydrogen-bond donors (Lipinski definition) is 2. The van der Waals surface area contributed by atoms with Crippen LogP contribution < -0.4 is 11.1 Å². The fraction of sp³-hybridized carbons (Fsp3) is 0.455. The lowest BCUT2D eigenvalue weighted by Crippen LogP contribution is -2.19. The van der Waals surface area contributed by atoms with E-state index in [2.05, 4.69) is 46.4 Å². The molecule has 0 saturated carbocycles. The Labute approximate surface area is 93.0 Å². The highest BCUT2D eigenvalue weighted by Crippen LogP contribution is 2.35. The van der Waals surface area contributed by atoms with Crippen LogP contribution in [0.25, 0.3) is 0 Å². The molecule has 2 rings (SSSR count). The molecule has 2 nitrogen and oxygen atoms in total. The summed E-state index contributed by atoms with van der Waals surface area (Å²) >= 11 is 3.47. The van der Waals surface area contributed by atoms with Crippen LogP contribution in [-0.2, 0) is 0 Å². The highest BCUT2D eigenvalue weighted by atomic mass is 79.9. The third-order valence-electron chi connectivity index (χ3n) is 2.65. The van der Waals surface area contributed by atoms with Gasteiger partial charge in [-0.3, -0.25) is 0 Å². The number of nitrogens with one attached hydrogen (secondary N) is 1. The number of fused-ring (bicyclic) bond motifs is 1. The summed E-state index contributed by atoms with van der Waals surface area (Å²) in [7, 11) is 0. The molecule has 1 aromatic rings. The number of nitrogens with two attached hydrogens (primary N) is 1. The second-order valence-corrected chi connectivity index (χ2v) is 4.94. The highest BCUT2D eigenvalue weighted by molar-refractivity contribution is 9.10. The molecule has 0 amide bonds. The van der Waals surface area contributed by atoms with E-state index in [1.165, 1.54) is 11.3 Å². The van der Waals surface area contributed by atoms with Crippen molar-refractivity contribution >= 4 is 21.6 Å². The molecule has 0 spiro atoms. The SMILES string of the molecule is CC(N)CC1CNc2cc(Br)ccc21. The highest BCUT2D eigenvalue weighted by Gasteiger charge is 2.22. The quantitative estimate of drug-likeness (QED) is 0.852. The summed E-state index contributed by atoms with van der Waals surface area (Å²) in [5.74, 6) is 0.582. The summed E-state index contributed by atoms with van der Waals surface area (Å²) in [6, 6.07) is 6.69. The molecule has 1 aliphatic heterocycles. The number of halogens is 1. The van der Waals surface area contributed by atoms with Crippen molar-refractivity contribution in [2.75, 3.05) is 11.9 Å². The first-order chi connectivity index (χ1) is 6.66. The van der Waals surface area contributed by atoms with Crippen LogP contribution in [0, 0.1) is 0 Å². The first-order valence-electron chi connectivity index (χ1n) is 4.95. The molecule has 0 radical (unpaired) electrons. The maximum absolute atomic E-state index is 5.82. The molecule has 0 bridgehead atoms. The number of rotatable bonds is 2. The van der Waals surface area contributed by atoms with Gasteiger partial charge in [0.2, 0.25) is 0 Å². The van der Waals surface area contributed by atoms with Gasteiger partial charge in [-0.1, -0.05) is 22.0 Å². The molecule has 1 heterocycles. The van der Waals surface area contributed by atoms with Gasteiger partial charge >= 0.3 is 0 Å². The van der Waals surface area contributed by atoms with E-state index in [0.29, 0.717) is 5.92 Å². The van der Waals surface area contributed by atoms with Gasteiger partial charge in [-0.05, 0) is 31.0 Å². The summed E-state index contributed by atoms with van der Waals surface area (Å²) in [5, 5.41) is 3.41. The predicted molar refractivity (Wildman–Crippen MR) is 63.6 cm³/mol. The van der Waals surface area contributed by atoms with Crippen LogP contribution in [0.4, 0.5) is 5.69 Å². The monoisotopic (exact) mass is 254 g/mol. The Balaban J connectivity index is 2.22. The van der Waals surface area contributed by atoms with E-state index in [4.69, 9.17) is 5.73 Å². The Bertz CT molecular complexity index is 336. The van der Waals surface area contributed by atoms with Crippen LogP contribution in [0.15, 0.2) is 22.7 Å². The fourth-order valence-electron chi connectivity index (χ4n) is 2.04. The number of benzene rings is 1. The molecule has 2 atom stereocenters. The Hall–Kier alpha value is -0.540. The van der Waals surface area contributed by atoms with Crippen molar-refractivity contribution in [3.8, 4) is 0 Å². The average Bonchev–Trinajstić information content (AvgIpc) is 2.47. The van der Waals surface area contributed by atoms with Crippen molar-refractivity contribution in [1.29, 1.82) is 0 Å². The fourth-order valence-corrected chi connectivity index (χ4v) is 2.40. The van der Waals surface area contributed by atoms with Gasteiger partial charge in [-0.2, -0.15) is 0 Å². The second-order valence-electron chi connectivity index (χ2n) is 4.02. The lowest BCUT2D eigenvalue weighted by atomic mass is 9.95. The molecule has 1 aliphatic rings. The van der Waals surface area contributed by atoms with Crippen LogP contribution in [0.3, 0.4) is 0 Å².